The monoisotopic (exact) mass is 386 g/mol. The lowest BCUT2D eigenvalue weighted by Gasteiger charge is -2.35. The minimum absolute atomic E-state index is 0.157. The van der Waals surface area contributed by atoms with Crippen LogP contribution in [0.25, 0.3) is 27.8 Å². The summed E-state index contributed by atoms with van der Waals surface area (Å²) < 4.78 is 7.82. The van der Waals surface area contributed by atoms with Crippen molar-refractivity contribution in [3.63, 3.8) is 0 Å². The molecule has 2 aromatic carbocycles. The van der Waals surface area contributed by atoms with Crippen LogP contribution in [0.1, 0.15) is 0 Å². The van der Waals surface area contributed by atoms with Gasteiger partial charge in [-0.2, -0.15) is 0 Å². The first-order chi connectivity index (χ1) is 14.2. The third kappa shape index (κ3) is 3.32. The number of aromatic nitrogens is 3. The molecule has 5 rings (SSSR count). The maximum Gasteiger partial charge on any atom is 0.275 e. The second-order valence-corrected chi connectivity index (χ2v) is 7.60. The molecule has 6 nitrogen and oxygen atoms in total. The normalized spacial score (nSPS) is 14.8. The molecule has 4 aromatic rings. The van der Waals surface area contributed by atoms with Gasteiger partial charge in [-0.25, -0.2) is 4.98 Å². The Hall–Kier alpha value is -3.38. The standard InChI is InChI=1S/C23H22N4O2/c1-26-11-16(12-26)14-29-19-9-7-17(8-10-19)20-13-27(18-5-3-2-4-6-18)22-21(20)24-15-25-23(22)28/h2-10,13,15-16H,11-12,14H2,1H3,(H,24,25,28). The molecule has 0 unspecified atom stereocenters. The molecular weight excluding hydrogens is 364 g/mol. The molecule has 0 amide bonds. The van der Waals surface area contributed by atoms with Gasteiger partial charge in [0.25, 0.3) is 5.56 Å². The van der Waals surface area contributed by atoms with Crippen LogP contribution in [0.5, 0.6) is 5.75 Å². The molecule has 1 saturated heterocycles. The molecule has 1 aliphatic rings. The third-order valence-corrected chi connectivity index (χ3v) is 5.41. The van der Waals surface area contributed by atoms with E-state index in [-0.39, 0.29) is 5.56 Å². The van der Waals surface area contributed by atoms with Crippen molar-refractivity contribution < 1.29 is 4.74 Å². The van der Waals surface area contributed by atoms with Crippen LogP contribution in [0.15, 0.2) is 71.9 Å². The molecule has 0 saturated carbocycles. The second kappa shape index (κ2) is 7.22. The third-order valence-electron chi connectivity index (χ3n) is 5.41. The van der Waals surface area contributed by atoms with Crippen LogP contribution in [0.3, 0.4) is 0 Å². The van der Waals surface area contributed by atoms with Crippen LogP contribution >= 0.6 is 0 Å². The number of likely N-dealkylation sites (tertiary alicyclic amines) is 1. The molecule has 146 valence electrons. The largest absolute Gasteiger partial charge is 0.493 e. The van der Waals surface area contributed by atoms with Crippen LogP contribution in [-0.2, 0) is 0 Å². The Labute approximate surface area is 168 Å². The van der Waals surface area contributed by atoms with E-state index in [1.165, 1.54) is 6.33 Å². The molecule has 6 heteroatoms. The van der Waals surface area contributed by atoms with E-state index in [9.17, 15) is 4.79 Å². The minimum Gasteiger partial charge on any atom is -0.493 e. The van der Waals surface area contributed by atoms with E-state index < -0.39 is 0 Å². The fourth-order valence-electron chi connectivity index (χ4n) is 3.95. The molecule has 2 aromatic heterocycles. The highest BCUT2D eigenvalue weighted by atomic mass is 16.5. The molecule has 0 bridgehead atoms. The van der Waals surface area contributed by atoms with Gasteiger partial charge in [0.1, 0.15) is 16.8 Å². The topological polar surface area (TPSA) is 63.1 Å². The number of fused-ring (bicyclic) bond motifs is 1. The van der Waals surface area contributed by atoms with Gasteiger partial charge in [-0.05, 0) is 36.9 Å². The van der Waals surface area contributed by atoms with Crippen molar-refractivity contribution >= 4 is 11.0 Å². The van der Waals surface area contributed by atoms with Crippen molar-refractivity contribution in [1.29, 1.82) is 0 Å². The van der Waals surface area contributed by atoms with Gasteiger partial charge in [0, 0.05) is 36.5 Å². The Balaban J connectivity index is 1.49. The van der Waals surface area contributed by atoms with E-state index in [1.54, 1.807) is 0 Å². The van der Waals surface area contributed by atoms with Gasteiger partial charge in [-0.1, -0.05) is 30.3 Å². The number of benzene rings is 2. The number of nitrogens with one attached hydrogen (secondary N) is 1. The highest BCUT2D eigenvalue weighted by molar-refractivity contribution is 5.93. The van der Waals surface area contributed by atoms with Gasteiger partial charge in [-0.15, -0.1) is 0 Å². The van der Waals surface area contributed by atoms with Gasteiger partial charge < -0.3 is 19.2 Å². The lowest BCUT2D eigenvalue weighted by atomic mass is 10.0. The van der Waals surface area contributed by atoms with Gasteiger partial charge >= 0.3 is 0 Å². The molecular formula is C23H22N4O2. The summed E-state index contributed by atoms with van der Waals surface area (Å²) >= 11 is 0. The van der Waals surface area contributed by atoms with E-state index in [0.717, 1.165) is 42.3 Å². The summed E-state index contributed by atoms with van der Waals surface area (Å²) in [4.78, 5) is 22.0. The Morgan fingerprint density at radius 1 is 1.10 bits per heavy atom. The second-order valence-electron chi connectivity index (χ2n) is 7.60. The van der Waals surface area contributed by atoms with Crippen LogP contribution in [0.2, 0.25) is 0 Å². The average Bonchev–Trinajstić information content (AvgIpc) is 3.12. The zero-order valence-corrected chi connectivity index (χ0v) is 16.2. The summed E-state index contributed by atoms with van der Waals surface area (Å²) in [6.07, 6.45) is 3.43. The van der Waals surface area contributed by atoms with Gasteiger partial charge in [0.05, 0.1) is 12.9 Å². The van der Waals surface area contributed by atoms with E-state index in [2.05, 4.69) is 21.9 Å². The molecule has 1 fully saturated rings. The lowest BCUT2D eigenvalue weighted by molar-refractivity contribution is 0.0858. The van der Waals surface area contributed by atoms with Crippen molar-refractivity contribution in [3.8, 4) is 22.6 Å². The van der Waals surface area contributed by atoms with Gasteiger partial charge in [0.2, 0.25) is 0 Å². The number of nitrogens with zero attached hydrogens (tertiary/aromatic N) is 3. The van der Waals surface area contributed by atoms with Crippen LogP contribution in [-0.4, -0.2) is 46.2 Å². The molecule has 3 heterocycles. The highest BCUT2D eigenvalue weighted by Crippen LogP contribution is 2.31. The molecule has 1 N–H and O–H groups in total. The number of ether oxygens (including phenoxy) is 1. The predicted octanol–water partition coefficient (Wildman–Crippen LogP) is 3.32. The number of H-pyrrole nitrogens is 1. The first-order valence-electron chi connectivity index (χ1n) is 9.75. The van der Waals surface area contributed by atoms with Crippen molar-refractivity contribution in [2.45, 2.75) is 0 Å². The van der Waals surface area contributed by atoms with E-state index >= 15 is 0 Å². The van der Waals surface area contributed by atoms with Gasteiger partial charge in [-0.3, -0.25) is 4.79 Å². The molecule has 29 heavy (non-hydrogen) atoms. The SMILES string of the molecule is CN1CC(COc2ccc(-c3cn(-c4ccccc4)c4c(=O)[nH]cnc34)cc2)C1. The molecule has 0 aliphatic carbocycles. The summed E-state index contributed by atoms with van der Waals surface area (Å²) in [5, 5.41) is 0. The number of rotatable bonds is 5. The van der Waals surface area contributed by atoms with Gasteiger partial charge in [0.15, 0.2) is 0 Å². The predicted molar refractivity (Wildman–Crippen MR) is 114 cm³/mol. The number of aromatic amines is 1. The Morgan fingerprint density at radius 3 is 2.59 bits per heavy atom. The van der Waals surface area contributed by atoms with Crippen molar-refractivity contribution in [1.82, 2.24) is 19.4 Å². The molecule has 1 aliphatic heterocycles. The fraction of sp³-hybridized carbons (Fsp3) is 0.217. The zero-order chi connectivity index (χ0) is 19.8. The Kier molecular flexibility index (Phi) is 4.41. The number of para-hydroxylation sites is 1. The summed E-state index contributed by atoms with van der Waals surface area (Å²) in [5.74, 6) is 1.47. The Bertz CT molecular complexity index is 1190. The van der Waals surface area contributed by atoms with Crippen molar-refractivity contribution in [2.75, 3.05) is 26.7 Å². The minimum atomic E-state index is -0.157. The smallest absolute Gasteiger partial charge is 0.275 e. The van der Waals surface area contributed by atoms with Crippen molar-refractivity contribution in [3.05, 3.63) is 77.5 Å². The van der Waals surface area contributed by atoms with E-state index in [1.807, 2.05) is 65.4 Å². The lowest BCUT2D eigenvalue weighted by Crippen LogP contribution is -2.46. The average molecular weight is 386 g/mol. The van der Waals surface area contributed by atoms with Crippen LogP contribution in [0, 0.1) is 5.92 Å². The number of hydrogen-bond acceptors (Lipinski definition) is 4. The van der Waals surface area contributed by atoms with E-state index in [0.29, 0.717) is 17.0 Å². The maximum atomic E-state index is 12.5. The fourth-order valence-corrected chi connectivity index (χ4v) is 3.95. The molecule has 0 atom stereocenters. The summed E-state index contributed by atoms with van der Waals surface area (Å²) in [6, 6.07) is 17.8. The Morgan fingerprint density at radius 2 is 1.86 bits per heavy atom. The zero-order valence-electron chi connectivity index (χ0n) is 16.2. The molecule has 0 spiro atoms. The summed E-state index contributed by atoms with van der Waals surface area (Å²) in [6.45, 7) is 2.93. The van der Waals surface area contributed by atoms with Crippen LogP contribution < -0.4 is 10.3 Å². The first-order valence-corrected chi connectivity index (χ1v) is 9.75. The summed E-state index contributed by atoms with van der Waals surface area (Å²) in [7, 11) is 2.12. The molecule has 0 radical (unpaired) electrons. The van der Waals surface area contributed by atoms with Crippen molar-refractivity contribution in [2.24, 2.45) is 5.92 Å². The van der Waals surface area contributed by atoms with Crippen LogP contribution in [0.4, 0.5) is 0 Å². The number of hydrogen-bond donors (Lipinski definition) is 1. The summed E-state index contributed by atoms with van der Waals surface area (Å²) in [5.41, 5.74) is 3.91. The quantitative estimate of drug-likeness (QED) is 0.572. The highest BCUT2D eigenvalue weighted by Gasteiger charge is 2.23. The van der Waals surface area contributed by atoms with E-state index in [4.69, 9.17) is 4.74 Å². The first kappa shape index (κ1) is 17.7. The maximum absolute atomic E-state index is 12.5.